The van der Waals surface area contributed by atoms with E-state index in [1.807, 2.05) is 31.2 Å². The van der Waals surface area contributed by atoms with Gasteiger partial charge in [-0.05, 0) is 6.42 Å². The number of aliphatic hydroxyl groups excluding tert-OH is 2. The number of aliphatic hydroxyl groups is 2. The number of nitrogens with one attached hydrogen (secondary N) is 1. The summed E-state index contributed by atoms with van der Waals surface area (Å²) in [5, 5.41) is 21.0. The molecule has 76 valence electrons. The van der Waals surface area contributed by atoms with E-state index >= 15 is 0 Å². The van der Waals surface area contributed by atoms with Crippen LogP contribution in [-0.4, -0.2) is 36.8 Å². The molecule has 3 N–H and O–H groups in total. The first-order chi connectivity index (χ1) is 6.58. The average Bonchev–Trinajstić information content (AvgIpc) is 2.15. The smallest absolute Gasteiger partial charge is 0.130 e. The van der Waals surface area contributed by atoms with Gasteiger partial charge in [-0.1, -0.05) is 31.2 Å². The van der Waals surface area contributed by atoms with Crippen molar-refractivity contribution in [2.24, 2.45) is 5.41 Å². The van der Waals surface area contributed by atoms with Crippen LogP contribution in [-0.2, 0) is 0 Å². The molecule has 3 nitrogen and oxygen atoms in total. The molecule has 0 heterocycles. The monoisotopic (exact) mass is 193 g/mol. The Morgan fingerprint density at radius 2 is 2.29 bits per heavy atom. The van der Waals surface area contributed by atoms with Crippen molar-refractivity contribution in [2.45, 2.75) is 25.5 Å². The van der Waals surface area contributed by atoms with Crippen LogP contribution in [0, 0.1) is 5.41 Å². The summed E-state index contributed by atoms with van der Waals surface area (Å²) in [6.07, 6.45) is 7.69. The molecule has 2 unspecified atom stereocenters. The van der Waals surface area contributed by atoms with E-state index in [0.717, 1.165) is 6.42 Å². The zero-order chi connectivity index (χ0) is 10.6. The van der Waals surface area contributed by atoms with Gasteiger partial charge in [-0.15, -0.1) is 0 Å². The van der Waals surface area contributed by atoms with Crippen molar-refractivity contribution in [3.8, 4) is 0 Å². The minimum Gasteiger partial charge on any atom is -0.395 e. The molecule has 1 rings (SSSR count). The molecule has 0 spiro atoms. The Hall–Kier alpha value is -0.575. The maximum absolute atomic E-state index is 9.21. The zero-order valence-electron chi connectivity index (χ0n) is 8.35. The van der Waals surface area contributed by atoms with Crippen molar-refractivity contribution in [1.29, 1.82) is 0 Å². The summed E-state index contributed by atoms with van der Waals surface area (Å²) in [5.74, 6) is 0. The molecule has 0 aliphatic heterocycles. The van der Waals surface area contributed by atoms with Gasteiger partial charge in [0.2, 0.25) is 0 Å². The van der Waals surface area contributed by atoms with E-state index in [9.17, 15) is 5.11 Å². The molecular formula is C10H16BNO2. The lowest BCUT2D eigenvalue weighted by molar-refractivity contribution is 0.112. The van der Waals surface area contributed by atoms with E-state index < -0.39 is 6.13 Å². The van der Waals surface area contributed by atoms with Crippen molar-refractivity contribution in [2.75, 3.05) is 6.61 Å². The van der Waals surface area contributed by atoms with Crippen LogP contribution in [0.5, 0.6) is 0 Å². The van der Waals surface area contributed by atoms with Crippen molar-refractivity contribution in [1.82, 2.24) is 5.32 Å². The highest BCUT2D eigenvalue weighted by Gasteiger charge is 2.31. The number of rotatable bonds is 4. The predicted octanol–water partition coefficient (Wildman–Crippen LogP) is -0.0963. The van der Waals surface area contributed by atoms with Crippen molar-refractivity contribution in [3.63, 3.8) is 0 Å². The largest absolute Gasteiger partial charge is 0.395 e. The second-order valence-corrected chi connectivity index (χ2v) is 3.84. The fraction of sp³-hybridized carbons (Fsp3) is 0.600. The summed E-state index contributed by atoms with van der Waals surface area (Å²) in [7, 11) is 5.23. The summed E-state index contributed by atoms with van der Waals surface area (Å²) in [6.45, 7) is 1.96. The van der Waals surface area contributed by atoms with Gasteiger partial charge in [0.25, 0.3) is 0 Å². The molecule has 1 aliphatic carbocycles. The van der Waals surface area contributed by atoms with Gasteiger partial charge in [-0.25, -0.2) is 0 Å². The first kappa shape index (κ1) is 11.5. The Labute approximate surface area is 85.9 Å². The Morgan fingerprint density at radius 3 is 2.71 bits per heavy atom. The predicted molar refractivity (Wildman–Crippen MR) is 56.8 cm³/mol. The first-order valence-electron chi connectivity index (χ1n) is 4.73. The highest BCUT2D eigenvalue weighted by Crippen LogP contribution is 2.31. The van der Waals surface area contributed by atoms with Crippen molar-refractivity contribution < 1.29 is 10.2 Å². The molecule has 2 radical (unpaired) electrons. The van der Waals surface area contributed by atoms with Crippen molar-refractivity contribution >= 4 is 7.85 Å². The van der Waals surface area contributed by atoms with Crippen LogP contribution >= 0.6 is 0 Å². The lowest BCUT2D eigenvalue weighted by atomic mass is 9.77. The average molecular weight is 193 g/mol. The van der Waals surface area contributed by atoms with Crippen LogP contribution in [0.2, 0.25) is 0 Å². The van der Waals surface area contributed by atoms with Crippen LogP contribution in [0.4, 0.5) is 0 Å². The highest BCUT2D eigenvalue weighted by molar-refractivity contribution is 6.10. The highest BCUT2D eigenvalue weighted by atomic mass is 16.3. The molecule has 0 aromatic heterocycles. The van der Waals surface area contributed by atoms with E-state index in [1.165, 1.54) is 0 Å². The molecule has 0 saturated carbocycles. The molecular weight excluding hydrogens is 177 g/mol. The summed E-state index contributed by atoms with van der Waals surface area (Å²) < 4.78 is 0. The van der Waals surface area contributed by atoms with Gasteiger partial charge in [-0.2, -0.15) is 0 Å². The summed E-state index contributed by atoms with van der Waals surface area (Å²) >= 11 is 0. The van der Waals surface area contributed by atoms with E-state index in [1.54, 1.807) is 0 Å². The van der Waals surface area contributed by atoms with Gasteiger partial charge in [0.05, 0.1) is 12.7 Å². The molecule has 0 aromatic rings. The molecule has 3 atom stereocenters. The van der Waals surface area contributed by atoms with Gasteiger partial charge in [0.1, 0.15) is 7.85 Å². The Bertz CT molecular complexity index is 240. The van der Waals surface area contributed by atoms with E-state index in [2.05, 4.69) is 5.32 Å². The van der Waals surface area contributed by atoms with E-state index in [-0.39, 0.29) is 18.1 Å². The Balaban J connectivity index is 2.67. The molecule has 0 bridgehead atoms. The number of hydrogen-bond acceptors (Lipinski definition) is 3. The lowest BCUT2D eigenvalue weighted by Crippen LogP contribution is -2.50. The minimum absolute atomic E-state index is 0.0526. The second kappa shape index (κ2) is 4.78. The number of allylic oxidation sites excluding steroid dienone is 3. The maximum atomic E-state index is 9.21. The third-order valence-electron chi connectivity index (χ3n) is 2.63. The van der Waals surface area contributed by atoms with E-state index in [4.69, 9.17) is 13.0 Å². The van der Waals surface area contributed by atoms with Crippen LogP contribution < -0.4 is 5.32 Å². The van der Waals surface area contributed by atoms with Gasteiger partial charge >= 0.3 is 0 Å². The molecule has 4 heteroatoms. The molecule has 0 amide bonds. The molecule has 14 heavy (non-hydrogen) atoms. The Kier molecular flexibility index (Phi) is 3.92. The third kappa shape index (κ3) is 2.70. The maximum Gasteiger partial charge on any atom is 0.130 e. The summed E-state index contributed by atoms with van der Waals surface area (Å²) in [5.41, 5.74) is -0.191. The van der Waals surface area contributed by atoms with Gasteiger partial charge < -0.3 is 10.2 Å². The Morgan fingerprint density at radius 1 is 1.57 bits per heavy atom. The SMILES string of the molecule is [B]C(O)N[C@@H](CO)C1(C)C=CC=CC1. The van der Waals surface area contributed by atoms with E-state index in [0.29, 0.717) is 0 Å². The fourth-order valence-electron chi connectivity index (χ4n) is 1.66. The topological polar surface area (TPSA) is 52.5 Å². The summed E-state index contributed by atoms with van der Waals surface area (Å²) in [4.78, 5) is 0. The first-order valence-corrected chi connectivity index (χ1v) is 4.73. The molecule has 0 fully saturated rings. The molecule has 1 aliphatic rings. The van der Waals surface area contributed by atoms with Crippen LogP contribution in [0.25, 0.3) is 0 Å². The van der Waals surface area contributed by atoms with Crippen LogP contribution in [0.3, 0.4) is 0 Å². The normalized spacial score (nSPS) is 30.2. The molecule has 0 aromatic carbocycles. The van der Waals surface area contributed by atoms with Crippen LogP contribution in [0.1, 0.15) is 13.3 Å². The fourth-order valence-corrected chi connectivity index (χ4v) is 1.66. The zero-order valence-corrected chi connectivity index (χ0v) is 8.35. The number of hydrogen-bond donors (Lipinski definition) is 3. The summed E-state index contributed by atoms with van der Waals surface area (Å²) in [6, 6.07) is -0.233. The van der Waals surface area contributed by atoms with Crippen LogP contribution in [0.15, 0.2) is 24.3 Å². The minimum atomic E-state index is -1.09. The quantitative estimate of drug-likeness (QED) is 0.431. The third-order valence-corrected chi connectivity index (χ3v) is 2.63. The second-order valence-electron chi connectivity index (χ2n) is 3.84. The van der Waals surface area contributed by atoms with Gasteiger partial charge in [0, 0.05) is 11.5 Å². The van der Waals surface area contributed by atoms with Gasteiger partial charge in [0.15, 0.2) is 0 Å². The van der Waals surface area contributed by atoms with Crippen molar-refractivity contribution in [3.05, 3.63) is 24.3 Å². The lowest BCUT2D eigenvalue weighted by Gasteiger charge is -2.36. The standard InChI is InChI=1S/C10H16BNO2/c1-10(5-3-2-4-6-10)8(7-13)12-9(11)14/h2-5,8-9,12-14H,6-7H2,1H3/t8-,9?,10?/m0/s1. The van der Waals surface area contributed by atoms with Gasteiger partial charge in [-0.3, -0.25) is 5.32 Å². The molecule has 0 saturated heterocycles.